The van der Waals surface area contributed by atoms with Crippen molar-refractivity contribution in [2.75, 3.05) is 5.32 Å². The summed E-state index contributed by atoms with van der Waals surface area (Å²) in [6.45, 7) is 3.64. The lowest BCUT2D eigenvalue weighted by Gasteiger charge is -2.16. The largest absolute Gasteiger partial charge is 0.481 e. The summed E-state index contributed by atoms with van der Waals surface area (Å²) in [4.78, 5) is 12.1. The molecule has 0 aliphatic rings. The summed E-state index contributed by atoms with van der Waals surface area (Å²) >= 11 is 11.9. The maximum Gasteiger partial charge on any atom is 0.265 e. The van der Waals surface area contributed by atoms with E-state index in [9.17, 15) is 4.79 Å². The minimum Gasteiger partial charge on any atom is -0.481 e. The summed E-state index contributed by atoms with van der Waals surface area (Å²) < 4.78 is 5.61. The fraction of sp³-hybridized carbons (Fsp3) is 0.188. The second-order valence-electron chi connectivity index (χ2n) is 4.67. The fourth-order valence-electron chi connectivity index (χ4n) is 1.78. The molecule has 1 unspecified atom stereocenters. The van der Waals surface area contributed by atoms with Crippen LogP contribution in [0.15, 0.2) is 42.5 Å². The number of ether oxygens (including phenoxy) is 1. The van der Waals surface area contributed by atoms with E-state index in [1.165, 1.54) is 0 Å². The Morgan fingerprint density at radius 3 is 2.62 bits per heavy atom. The Kier molecular flexibility index (Phi) is 5.10. The molecule has 1 N–H and O–H groups in total. The van der Waals surface area contributed by atoms with Gasteiger partial charge in [-0.15, -0.1) is 0 Å². The average Bonchev–Trinajstić information content (AvgIpc) is 2.44. The summed E-state index contributed by atoms with van der Waals surface area (Å²) in [6.07, 6.45) is -0.651. The first-order valence-corrected chi connectivity index (χ1v) is 7.21. The summed E-state index contributed by atoms with van der Waals surface area (Å²) in [7, 11) is 0. The zero-order chi connectivity index (χ0) is 15.4. The summed E-state index contributed by atoms with van der Waals surface area (Å²) in [6, 6.07) is 12.6. The maximum atomic E-state index is 12.1. The normalized spacial score (nSPS) is 11.8. The standard InChI is InChI=1S/C16H15Cl2NO2/c1-10-5-3-6-12(9-10)21-11(2)16(20)19-14-8-4-7-13(17)15(14)18/h3-9,11H,1-2H3,(H,19,20). The molecule has 21 heavy (non-hydrogen) atoms. The third kappa shape index (κ3) is 4.13. The van der Waals surface area contributed by atoms with Gasteiger partial charge in [0.15, 0.2) is 6.10 Å². The number of rotatable bonds is 4. The molecule has 2 aromatic carbocycles. The summed E-state index contributed by atoms with van der Waals surface area (Å²) in [5, 5.41) is 3.41. The van der Waals surface area contributed by atoms with Crippen LogP contribution in [0.4, 0.5) is 5.69 Å². The van der Waals surface area contributed by atoms with Gasteiger partial charge in [0.25, 0.3) is 5.91 Å². The van der Waals surface area contributed by atoms with Crippen molar-refractivity contribution in [2.24, 2.45) is 0 Å². The molecule has 110 valence electrons. The van der Waals surface area contributed by atoms with Crippen molar-refractivity contribution in [3.05, 3.63) is 58.1 Å². The van der Waals surface area contributed by atoms with Gasteiger partial charge in [-0.2, -0.15) is 0 Å². The van der Waals surface area contributed by atoms with E-state index in [1.54, 1.807) is 25.1 Å². The second kappa shape index (κ2) is 6.83. The molecule has 1 atom stereocenters. The van der Waals surface area contributed by atoms with Crippen molar-refractivity contribution < 1.29 is 9.53 Å². The first-order chi connectivity index (χ1) is 9.97. The highest BCUT2D eigenvalue weighted by atomic mass is 35.5. The van der Waals surface area contributed by atoms with Gasteiger partial charge in [0.05, 0.1) is 15.7 Å². The van der Waals surface area contributed by atoms with Crippen LogP contribution in [0.25, 0.3) is 0 Å². The van der Waals surface area contributed by atoms with E-state index in [-0.39, 0.29) is 5.91 Å². The van der Waals surface area contributed by atoms with Crippen LogP contribution in [0, 0.1) is 6.92 Å². The number of anilines is 1. The first-order valence-electron chi connectivity index (χ1n) is 6.45. The van der Waals surface area contributed by atoms with Crippen molar-refractivity contribution in [1.29, 1.82) is 0 Å². The number of hydrogen-bond acceptors (Lipinski definition) is 2. The third-order valence-electron chi connectivity index (χ3n) is 2.88. The van der Waals surface area contributed by atoms with Gasteiger partial charge in [-0.25, -0.2) is 0 Å². The number of carbonyl (C=O) groups excluding carboxylic acids is 1. The van der Waals surface area contributed by atoms with Crippen LogP contribution >= 0.6 is 23.2 Å². The first kappa shape index (κ1) is 15.7. The predicted octanol–water partition coefficient (Wildman–Crippen LogP) is 4.71. The lowest BCUT2D eigenvalue weighted by atomic mass is 10.2. The number of halogens is 2. The van der Waals surface area contributed by atoms with Crippen LogP contribution in [0.5, 0.6) is 5.75 Å². The smallest absolute Gasteiger partial charge is 0.265 e. The quantitative estimate of drug-likeness (QED) is 0.885. The maximum absolute atomic E-state index is 12.1. The van der Waals surface area contributed by atoms with Gasteiger partial charge in [0.1, 0.15) is 5.75 Å². The van der Waals surface area contributed by atoms with Crippen molar-refractivity contribution in [1.82, 2.24) is 0 Å². The van der Waals surface area contributed by atoms with Crippen LogP contribution in [0.1, 0.15) is 12.5 Å². The molecule has 2 aromatic rings. The number of nitrogens with one attached hydrogen (secondary N) is 1. The summed E-state index contributed by atoms with van der Waals surface area (Å²) in [5.74, 6) is 0.357. The molecule has 0 fully saturated rings. The number of hydrogen-bond donors (Lipinski definition) is 1. The van der Waals surface area contributed by atoms with Crippen LogP contribution < -0.4 is 10.1 Å². The van der Waals surface area contributed by atoms with Crippen LogP contribution in [0.2, 0.25) is 10.0 Å². The molecule has 0 aromatic heterocycles. The lowest BCUT2D eigenvalue weighted by Crippen LogP contribution is -2.30. The molecular weight excluding hydrogens is 309 g/mol. The SMILES string of the molecule is Cc1cccc(OC(C)C(=O)Nc2cccc(Cl)c2Cl)c1. The molecule has 2 rings (SSSR count). The fourth-order valence-corrected chi connectivity index (χ4v) is 2.13. The van der Waals surface area contributed by atoms with E-state index in [2.05, 4.69) is 5.32 Å². The van der Waals surface area contributed by atoms with Gasteiger partial charge in [-0.3, -0.25) is 4.79 Å². The molecule has 0 aliphatic carbocycles. The van der Waals surface area contributed by atoms with Gasteiger partial charge >= 0.3 is 0 Å². The molecule has 3 nitrogen and oxygen atoms in total. The molecule has 0 saturated heterocycles. The van der Waals surface area contributed by atoms with Crippen molar-refractivity contribution in [3.63, 3.8) is 0 Å². The predicted molar refractivity (Wildman–Crippen MR) is 86.4 cm³/mol. The highest BCUT2D eigenvalue weighted by Crippen LogP contribution is 2.29. The zero-order valence-electron chi connectivity index (χ0n) is 11.7. The van der Waals surface area contributed by atoms with E-state index in [0.717, 1.165) is 5.56 Å². The molecular formula is C16H15Cl2NO2. The Hall–Kier alpha value is -1.71. The Balaban J connectivity index is 2.04. The number of aryl methyl sites for hydroxylation is 1. The molecule has 0 radical (unpaired) electrons. The second-order valence-corrected chi connectivity index (χ2v) is 5.45. The van der Waals surface area contributed by atoms with Gasteiger partial charge in [0, 0.05) is 0 Å². The molecule has 1 amide bonds. The Morgan fingerprint density at radius 1 is 1.19 bits per heavy atom. The van der Waals surface area contributed by atoms with Crippen molar-refractivity contribution in [2.45, 2.75) is 20.0 Å². The Bertz CT molecular complexity index is 658. The van der Waals surface area contributed by atoms with E-state index in [1.807, 2.05) is 31.2 Å². The third-order valence-corrected chi connectivity index (χ3v) is 3.70. The molecule has 0 aliphatic heterocycles. The Labute approximate surface area is 133 Å². The molecule has 0 bridgehead atoms. The molecule has 5 heteroatoms. The van der Waals surface area contributed by atoms with Gasteiger partial charge in [-0.1, -0.05) is 41.4 Å². The van der Waals surface area contributed by atoms with Gasteiger partial charge in [0.2, 0.25) is 0 Å². The van der Waals surface area contributed by atoms with Gasteiger partial charge < -0.3 is 10.1 Å². The average molecular weight is 324 g/mol. The van der Waals surface area contributed by atoms with E-state index >= 15 is 0 Å². The topological polar surface area (TPSA) is 38.3 Å². The van der Waals surface area contributed by atoms with E-state index in [4.69, 9.17) is 27.9 Å². The van der Waals surface area contributed by atoms with Crippen molar-refractivity contribution >= 4 is 34.8 Å². The van der Waals surface area contributed by atoms with E-state index in [0.29, 0.717) is 21.5 Å². The minimum atomic E-state index is -0.651. The van der Waals surface area contributed by atoms with Crippen LogP contribution in [-0.4, -0.2) is 12.0 Å². The van der Waals surface area contributed by atoms with Crippen LogP contribution in [0.3, 0.4) is 0 Å². The Morgan fingerprint density at radius 2 is 1.90 bits per heavy atom. The highest BCUT2D eigenvalue weighted by Gasteiger charge is 2.16. The minimum absolute atomic E-state index is 0.291. The zero-order valence-corrected chi connectivity index (χ0v) is 13.2. The van der Waals surface area contributed by atoms with Gasteiger partial charge in [-0.05, 0) is 43.7 Å². The lowest BCUT2D eigenvalue weighted by molar-refractivity contribution is -0.122. The molecule has 0 saturated carbocycles. The number of benzene rings is 2. The monoisotopic (exact) mass is 323 g/mol. The summed E-state index contributed by atoms with van der Waals surface area (Å²) in [5.41, 5.74) is 1.53. The van der Waals surface area contributed by atoms with E-state index < -0.39 is 6.10 Å². The molecule has 0 spiro atoms. The molecule has 0 heterocycles. The highest BCUT2D eigenvalue weighted by molar-refractivity contribution is 6.44. The van der Waals surface area contributed by atoms with Crippen LogP contribution in [-0.2, 0) is 4.79 Å². The van der Waals surface area contributed by atoms with Crippen molar-refractivity contribution in [3.8, 4) is 5.75 Å². The number of carbonyl (C=O) groups is 1. The number of amides is 1.